The molecule has 2 amide bonds. The molecule has 4 N–H and O–H groups in total. The van der Waals surface area contributed by atoms with E-state index in [0.717, 1.165) is 27.8 Å². The second-order valence-electron chi connectivity index (χ2n) is 11.3. The van der Waals surface area contributed by atoms with Crippen LogP contribution in [-0.4, -0.2) is 46.3 Å². The minimum absolute atomic E-state index is 0.0623. The Hall–Kier alpha value is -3.68. The summed E-state index contributed by atoms with van der Waals surface area (Å²) in [6.45, 7) is 9.29. The van der Waals surface area contributed by atoms with Crippen molar-refractivity contribution in [2.75, 3.05) is 6.61 Å². The zero-order valence-corrected chi connectivity index (χ0v) is 24.2. The summed E-state index contributed by atoms with van der Waals surface area (Å²) >= 11 is 0. The lowest BCUT2D eigenvalue weighted by Gasteiger charge is -2.25. The van der Waals surface area contributed by atoms with Crippen LogP contribution in [0.25, 0.3) is 0 Å². The number of benzene rings is 3. The van der Waals surface area contributed by atoms with E-state index >= 15 is 0 Å². The third-order valence-corrected chi connectivity index (χ3v) is 6.62. The van der Waals surface area contributed by atoms with Crippen LogP contribution in [0.3, 0.4) is 0 Å². The third kappa shape index (κ3) is 9.21. The first-order chi connectivity index (χ1) is 19.0. The van der Waals surface area contributed by atoms with Crippen LogP contribution in [0, 0.1) is 13.8 Å². The number of aryl methyl sites for hydroxylation is 3. The Morgan fingerprint density at radius 2 is 1.55 bits per heavy atom. The maximum absolute atomic E-state index is 13.0. The first-order valence-corrected chi connectivity index (χ1v) is 13.7. The van der Waals surface area contributed by atoms with Crippen molar-refractivity contribution >= 4 is 11.8 Å². The van der Waals surface area contributed by atoms with Gasteiger partial charge >= 0.3 is 0 Å². The molecule has 0 saturated carbocycles. The zero-order valence-electron chi connectivity index (χ0n) is 24.2. The molecule has 0 radical (unpaired) electrons. The molecular formula is C33H42N2O5. The number of aliphatic hydroxyl groups is 2. The highest BCUT2D eigenvalue weighted by molar-refractivity contribution is 5.96. The highest BCUT2D eigenvalue weighted by atomic mass is 16.5. The molecule has 0 bridgehead atoms. The number of carbonyl (C=O) groups excluding carboxylic acids is 2. The van der Waals surface area contributed by atoms with Gasteiger partial charge in [-0.05, 0) is 87.8 Å². The van der Waals surface area contributed by atoms with Crippen LogP contribution >= 0.6 is 0 Å². The molecule has 0 aliphatic heterocycles. The summed E-state index contributed by atoms with van der Waals surface area (Å²) in [5.41, 5.74) is 4.51. The first-order valence-electron chi connectivity index (χ1n) is 13.7. The largest absolute Gasteiger partial charge is 0.483 e. The molecule has 0 aliphatic rings. The Labute approximate surface area is 237 Å². The lowest BCUT2D eigenvalue weighted by Crippen LogP contribution is -2.46. The summed E-state index contributed by atoms with van der Waals surface area (Å²) in [4.78, 5) is 25.8. The van der Waals surface area contributed by atoms with E-state index in [1.54, 1.807) is 6.07 Å². The summed E-state index contributed by atoms with van der Waals surface area (Å²) in [6, 6.07) is 20.2. The number of ether oxygens (including phenoxy) is 1. The van der Waals surface area contributed by atoms with Gasteiger partial charge in [-0.15, -0.1) is 0 Å². The van der Waals surface area contributed by atoms with Crippen molar-refractivity contribution in [2.45, 2.75) is 78.2 Å². The van der Waals surface area contributed by atoms with Crippen molar-refractivity contribution in [1.29, 1.82) is 0 Å². The number of hydrogen-bond donors (Lipinski definition) is 4. The second kappa shape index (κ2) is 14.1. The molecule has 2 atom stereocenters. The summed E-state index contributed by atoms with van der Waals surface area (Å²) < 4.78 is 5.85. The quantitative estimate of drug-likeness (QED) is 0.269. The van der Waals surface area contributed by atoms with Crippen molar-refractivity contribution in [2.24, 2.45) is 0 Å². The Morgan fingerprint density at radius 1 is 0.925 bits per heavy atom. The lowest BCUT2D eigenvalue weighted by molar-refractivity contribution is -0.124. The van der Waals surface area contributed by atoms with Crippen LogP contribution in [0.5, 0.6) is 5.75 Å². The van der Waals surface area contributed by atoms with Crippen LogP contribution in [0.15, 0.2) is 66.7 Å². The number of carbonyl (C=O) groups is 2. The molecule has 3 aromatic rings. The van der Waals surface area contributed by atoms with Gasteiger partial charge in [-0.1, -0.05) is 60.7 Å². The minimum Gasteiger partial charge on any atom is -0.483 e. The van der Waals surface area contributed by atoms with E-state index < -0.39 is 12.1 Å². The van der Waals surface area contributed by atoms with Gasteiger partial charge in [0.15, 0.2) is 6.61 Å². The van der Waals surface area contributed by atoms with E-state index in [-0.39, 0.29) is 30.6 Å². The highest BCUT2D eigenvalue weighted by Crippen LogP contribution is 2.25. The lowest BCUT2D eigenvalue weighted by atomic mass is 9.94. The predicted octanol–water partition coefficient (Wildman–Crippen LogP) is 4.42. The van der Waals surface area contributed by atoms with E-state index in [0.29, 0.717) is 30.6 Å². The molecule has 214 valence electrons. The molecule has 7 nitrogen and oxygen atoms in total. The van der Waals surface area contributed by atoms with Crippen LogP contribution in [0.1, 0.15) is 65.4 Å². The topological polar surface area (TPSA) is 108 Å². The Morgan fingerprint density at radius 3 is 2.17 bits per heavy atom. The van der Waals surface area contributed by atoms with Crippen molar-refractivity contribution < 1.29 is 24.5 Å². The van der Waals surface area contributed by atoms with E-state index in [2.05, 4.69) is 10.6 Å². The number of hydrogen-bond acceptors (Lipinski definition) is 5. The van der Waals surface area contributed by atoms with Crippen LogP contribution in [0.2, 0.25) is 0 Å². The van der Waals surface area contributed by atoms with Crippen molar-refractivity contribution in [1.82, 2.24) is 10.6 Å². The van der Waals surface area contributed by atoms with Crippen molar-refractivity contribution in [3.63, 3.8) is 0 Å². The van der Waals surface area contributed by atoms with Gasteiger partial charge in [0.1, 0.15) is 5.75 Å². The molecular weight excluding hydrogens is 504 g/mol. The van der Waals surface area contributed by atoms with Crippen LogP contribution < -0.4 is 15.4 Å². The summed E-state index contributed by atoms with van der Waals surface area (Å²) in [5.74, 6) is 0.120. The van der Waals surface area contributed by atoms with E-state index in [1.807, 2.05) is 95.3 Å². The number of rotatable bonds is 12. The Bertz CT molecular complexity index is 1260. The van der Waals surface area contributed by atoms with E-state index in [4.69, 9.17) is 4.74 Å². The van der Waals surface area contributed by atoms with Gasteiger partial charge in [-0.2, -0.15) is 0 Å². The standard InChI is InChI=1S/C33H42N2O5/c1-22-17-25(20-36)18-23(2)31(22)40-21-30(38)34-28(19-24-11-7-6-8-12-24)29(37)16-15-26-13-9-10-14-27(26)32(39)35-33(3,4)5/h6-14,17-18,28-29,36-37H,15-16,19-21H2,1-5H3,(H,34,38)(H,35,39)/t28-,29+/m0/s1. The molecule has 0 saturated heterocycles. The number of aliphatic hydroxyl groups excluding tert-OH is 2. The third-order valence-electron chi connectivity index (χ3n) is 6.62. The average molecular weight is 547 g/mol. The highest BCUT2D eigenvalue weighted by Gasteiger charge is 2.24. The normalized spacial score (nSPS) is 12.9. The molecule has 0 fully saturated rings. The fourth-order valence-corrected chi connectivity index (χ4v) is 4.77. The Balaban J connectivity index is 1.70. The van der Waals surface area contributed by atoms with Crippen LogP contribution in [-0.2, 0) is 24.2 Å². The molecule has 3 aromatic carbocycles. The summed E-state index contributed by atoms with van der Waals surface area (Å²) in [7, 11) is 0. The van der Waals surface area contributed by atoms with Gasteiger partial charge in [0.05, 0.1) is 18.8 Å². The zero-order chi connectivity index (χ0) is 29.3. The molecule has 0 unspecified atom stereocenters. The second-order valence-corrected chi connectivity index (χ2v) is 11.3. The SMILES string of the molecule is Cc1cc(CO)cc(C)c1OCC(=O)N[C@@H](Cc1ccccc1)[C@H](O)CCc1ccccc1C(=O)NC(C)(C)C. The van der Waals surface area contributed by atoms with Gasteiger partial charge in [0, 0.05) is 11.1 Å². The van der Waals surface area contributed by atoms with Gasteiger partial charge in [-0.3, -0.25) is 9.59 Å². The molecule has 40 heavy (non-hydrogen) atoms. The Kier molecular flexibility index (Phi) is 10.9. The maximum atomic E-state index is 13.0. The smallest absolute Gasteiger partial charge is 0.258 e. The first kappa shape index (κ1) is 30.9. The molecule has 7 heteroatoms. The van der Waals surface area contributed by atoms with E-state index in [9.17, 15) is 19.8 Å². The molecule has 0 heterocycles. The summed E-state index contributed by atoms with van der Waals surface area (Å²) in [5, 5.41) is 26.6. The maximum Gasteiger partial charge on any atom is 0.258 e. The monoisotopic (exact) mass is 546 g/mol. The van der Waals surface area contributed by atoms with Gasteiger partial charge < -0.3 is 25.6 Å². The van der Waals surface area contributed by atoms with E-state index in [1.165, 1.54) is 0 Å². The summed E-state index contributed by atoms with van der Waals surface area (Å²) in [6.07, 6.45) is 0.431. The van der Waals surface area contributed by atoms with Crippen LogP contribution in [0.4, 0.5) is 0 Å². The van der Waals surface area contributed by atoms with Gasteiger partial charge in [0.25, 0.3) is 11.8 Å². The predicted molar refractivity (Wildman–Crippen MR) is 157 cm³/mol. The molecule has 0 aliphatic carbocycles. The average Bonchev–Trinajstić information content (AvgIpc) is 2.90. The van der Waals surface area contributed by atoms with Crippen molar-refractivity contribution in [3.05, 3.63) is 100 Å². The molecule has 0 aromatic heterocycles. The number of amides is 2. The van der Waals surface area contributed by atoms with Crippen molar-refractivity contribution in [3.8, 4) is 5.75 Å². The van der Waals surface area contributed by atoms with Gasteiger partial charge in [0.2, 0.25) is 0 Å². The molecule has 0 spiro atoms. The fraction of sp³-hybridized carbons (Fsp3) is 0.394. The minimum atomic E-state index is -0.852. The fourth-order valence-electron chi connectivity index (χ4n) is 4.77. The molecule has 3 rings (SSSR count). The number of nitrogens with one attached hydrogen (secondary N) is 2. The van der Waals surface area contributed by atoms with Gasteiger partial charge in [-0.25, -0.2) is 0 Å².